The van der Waals surface area contributed by atoms with E-state index in [1.54, 1.807) is 0 Å². The molecule has 5 heteroatoms. The highest BCUT2D eigenvalue weighted by Gasteiger charge is 2.34. The molecule has 0 bridgehead atoms. The summed E-state index contributed by atoms with van der Waals surface area (Å²) in [4.78, 5) is 4.50. The number of halogens is 1. The Morgan fingerprint density at radius 3 is 2.70 bits per heavy atom. The lowest BCUT2D eigenvalue weighted by Crippen LogP contribution is -2.39. The fourth-order valence-corrected chi connectivity index (χ4v) is 2.84. The van der Waals surface area contributed by atoms with E-state index in [-0.39, 0.29) is 0 Å². The van der Waals surface area contributed by atoms with Gasteiger partial charge < -0.3 is 10.3 Å². The maximum atomic E-state index is 6.42. The van der Waals surface area contributed by atoms with Crippen molar-refractivity contribution in [2.45, 2.75) is 44.6 Å². The van der Waals surface area contributed by atoms with Gasteiger partial charge in [-0.3, -0.25) is 0 Å². The van der Waals surface area contributed by atoms with Gasteiger partial charge >= 0.3 is 0 Å². The molecule has 2 aromatic rings. The lowest BCUT2D eigenvalue weighted by Gasteiger charge is -2.29. The third-order valence-electron chi connectivity index (χ3n) is 4.02. The van der Waals surface area contributed by atoms with Crippen LogP contribution >= 0.6 is 11.6 Å². The van der Waals surface area contributed by atoms with Crippen LogP contribution in [0, 0.1) is 6.92 Å². The molecule has 1 aliphatic rings. The average molecular weight is 292 g/mol. The number of nitrogens with zero attached hydrogens (tertiary/aromatic N) is 2. The summed E-state index contributed by atoms with van der Waals surface area (Å²) in [7, 11) is 0. The van der Waals surface area contributed by atoms with Crippen molar-refractivity contribution in [2.75, 3.05) is 0 Å². The normalized spacial score (nSPS) is 18.1. The van der Waals surface area contributed by atoms with E-state index in [0.29, 0.717) is 11.7 Å². The topological polar surface area (TPSA) is 64.9 Å². The van der Waals surface area contributed by atoms with Gasteiger partial charge in [0.05, 0.1) is 5.54 Å². The van der Waals surface area contributed by atoms with Crippen LogP contribution in [0.15, 0.2) is 22.7 Å². The highest BCUT2D eigenvalue weighted by molar-refractivity contribution is 6.31. The highest BCUT2D eigenvalue weighted by atomic mass is 35.5. The minimum atomic E-state index is -0.429. The van der Waals surface area contributed by atoms with Gasteiger partial charge in [0, 0.05) is 10.6 Å². The average Bonchev–Trinajstić information content (AvgIpc) is 2.93. The summed E-state index contributed by atoms with van der Waals surface area (Å²) in [5, 5.41) is 4.83. The quantitative estimate of drug-likeness (QED) is 0.913. The number of nitrogens with two attached hydrogens (primary N) is 1. The summed E-state index contributed by atoms with van der Waals surface area (Å²) >= 11 is 6.03. The molecule has 2 N–H and O–H groups in total. The van der Waals surface area contributed by atoms with Crippen molar-refractivity contribution in [3.8, 4) is 11.5 Å². The molecule has 20 heavy (non-hydrogen) atoms. The molecule has 1 aromatic carbocycles. The van der Waals surface area contributed by atoms with Crippen LogP contribution in [0.4, 0.5) is 0 Å². The molecular weight excluding hydrogens is 274 g/mol. The first-order chi connectivity index (χ1) is 9.58. The monoisotopic (exact) mass is 291 g/mol. The summed E-state index contributed by atoms with van der Waals surface area (Å²) in [6.07, 6.45) is 5.33. The van der Waals surface area contributed by atoms with E-state index in [0.717, 1.165) is 41.8 Å². The van der Waals surface area contributed by atoms with Crippen LogP contribution in [0.2, 0.25) is 5.02 Å². The smallest absolute Gasteiger partial charge is 0.258 e. The molecule has 4 nitrogen and oxygen atoms in total. The van der Waals surface area contributed by atoms with Crippen molar-refractivity contribution in [2.24, 2.45) is 5.73 Å². The largest absolute Gasteiger partial charge is 0.334 e. The van der Waals surface area contributed by atoms with Gasteiger partial charge in [-0.15, -0.1) is 0 Å². The zero-order valence-electron chi connectivity index (χ0n) is 11.5. The van der Waals surface area contributed by atoms with Gasteiger partial charge in [0.1, 0.15) is 0 Å². The second kappa shape index (κ2) is 5.19. The molecule has 0 spiro atoms. The van der Waals surface area contributed by atoms with Crippen molar-refractivity contribution in [3.63, 3.8) is 0 Å². The van der Waals surface area contributed by atoms with Gasteiger partial charge in [-0.25, -0.2) is 0 Å². The highest BCUT2D eigenvalue weighted by Crippen LogP contribution is 2.34. The Bertz CT molecular complexity index is 617. The van der Waals surface area contributed by atoms with Crippen LogP contribution in [0.25, 0.3) is 11.5 Å². The van der Waals surface area contributed by atoms with Crippen molar-refractivity contribution >= 4 is 11.6 Å². The molecule has 0 unspecified atom stereocenters. The van der Waals surface area contributed by atoms with Crippen molar-refractivity contribution in [3.05, 3.63) is 34.6 Å². The molecule has 0 atom stereocenters. The van der Waals surface area contributed by atoms with Gasteiger partial charge in [0.25, 0.3) is 5.89 Å². The molecular formula is C15H18ClN3O. The maximum absolute atomic E-state index is 6.42. The molecule has 1 aromatic heterocycles. The number of hydrogen-bond donors (Lipinski definition) is 1. The standard InChI is InChI=1S/C15H18ClN3O/c1-10-9-11(5-6-12(10)16)13-18-14(19-20-13)15(17)7-3-2-4-8-15/h5-6,9H,2-4,7-8,17H2,1H3. The van der Waals surface area contributed by atoms with Gasteiger partial charge in [-0.1, -0.05) is 36.0 Å². The predicted octanol–water partition coefficient (Wildman–Crippen LogP) is 3.82. The summed E-state index contributed by atoms with van der Waals surface area (Å²) in [5.41, 5.74) is 7.86. The molecule has 1 saturated carbocycles. The fraction of sp³-hybridized carbons (Fsp3) is 0.467. The number of hydrogen-bond acceptors (Lipinski definition) is 4. The van der Waals surface area contributed by atoms with Crippen LogP contribution in [0.3, 0.4) is 0 Å². The molecule has 1 fully saturated rings. The summed E-state index contributed by atoms with van der Waals surface area (Å²) in [6, 6.07) is 5.68. The number of rotatable bonds is 2. The Hall–Kier alpha value is -1.39. The van der Waals surface area contributed by atoms with E-state index >= 15 is 0 Å². The molecule has 1 aliphatic carbocycles. The number of benzene rings is 1. The Morgan fingerprint density at radius 2 is 2.00 bits per heavy atom. The summed E-state index contributed by atoms with van der Waals surface area (Å²) < 4.78 is 5.38. The zero-order valence-corrected chi connectivity index (χ0v) is 12.3. The Kier molecular flexibility index (Phi) is 3.52. The van der Waals surface area contributed by atoms with Gasteiger partial charge in [-0.2, -0.15) is 4.98 Å². The van der Waals surface area contributed by atoms with Crippen molar-refractivity contribution in [1.82, 2.24) is 10.1 Å². The van der Waals surface area contributed by atoms with Crippen LogP contribution in [0.5, 0.6) is 0 Å². The lowest BCUT2D eigenvalue weighted by molar-refractivity contribution is 0.275. The van der Waals surface area contributed by atoms with Crippen LogP contribution in [-0.4, -0.2) is 10.1 Å². The van der Waals surface area contributed by atoms with E-state index in [1.165, 1.54) is 6.42 Å². The Morgan fingerprint density at radius 1 is 1.25 bits per heavy atom. The third-order valence-corrected chi connectivity index (χ3v) is 4.45. The lowest BCUT2D eigenvalue weighted by atomic mass is 9.82. The predicted molar refractivity (Wildman–Crippen MR) is 78.4 cm³/mol. The SMILES string of the molecule is Cc1cc(-c2nc(C3(N)CCCCC3)no2)ccc1Cl. The first-order valence-electron chi connectivity index (χ1n) is 6.98. The van der Waals surface area contributed by atoms with E-state index in [1.807, 2.05) is 25.1 Å². The van der Waals surface area contributed by atoms with Crippen molar-refractivity contribution in [1.29, 1.82) is 0 Å². The van der Waals surface area contributed by atoms with Crippen LogP contribution in [0.1, 0.15) is 43.5 Å². The minimum Gasteiger partial charge on any atom is -0.334 e. The maximum Gasteiger partial charge on any atom is 0.258 e. The minimum absolute atomic E-state index is 0.429. The number of aromatic nitrogens is 2. The molecule has 0 radical (unpaired) electrons. The van der Waals surface area contributed by atoms with E-state index in [9.17, 15) is 0 Å². The van der Waals surface area contributed by atoms with E-state index in [4.69, 9.17) is 21.9 Å². The molecule has 3 rings (SSSR count). The second-order valence-electron chi connectivity index (χ2n) is 5.60. The first kappa shape index (κ1) is 13.6. The fourth-order valence-electron chi connectivity index (χ4n) is 2.73. The Labute approximate surface area is 123 Å². The molecule has 0 amide bonds. The third kappa shape index (κ3) is 2.45. The van der Waals surface area contributed by atoms with Gasteiger partial charge in [-0.05, 0) is 43.5 Å². The van der Waals surface area contributed by atoms with Gasteiger partial charge in [0.2, 0.25) is 0 Å². The molecule has 0 saturated heterocycles. The molecule has 106 valence electrons. The Balaban J connectivity index is 1.91. The second-order valence-corrected chi connectivity index (χ2v) is 6.01. The molecule has 1 heterocycles. The number of aryl methyl sites for hydroxylation is 1. The molecule has 0 aliphatic heterocycles. The van der Waals surface area contributed by atoms with E-state index < -0.39 is 5.54 Å². The van der Waals surface area contributed by atoms with E-state index in [2.05, 4.69) is 10.1 Å². The van der Waals surface area contributed by atoms with Crippen LogP contribution in [-0.2, 0) is 5.54 Å². The summed E-state index contributed by atoms with van der Waals surface area (Å²) in [5.74, 6) is 1.13. The first-order valence-corrected chi connectivity index (χ1v) is 7.36. The zero-order chi connectivity index (χ0) is 14.2. The summed E-state index contributed by atoms with van der Waals surface area (Å²) in [6.45, 7) is 1.95. The van der Waals surface area contributed by atoms with Crippen LogP contribution < -0.4 is 5.73 Å². The van der Waals surface area contributed by atoms with Gasteiger partial charge in [0.15, 0.2) is 5.82 Å². The van der Waals surface area contributed by atoms with Crippen molar-refractivity contribution < 1.29 is 4.52 Å².